The van der Waals surface area contributed by atoms with Gasteiger partial charge in [0.25, 0.3) is 0 Å². The van der Waals surface area contributed by atoms with E-state index in [4.69, 9.17) is 11.6 Å². The lowest BCUT2D eigenvalue weighted by Gasteiger charge is -2.37. The van der Waals surface area contributed by atoms with Gasteiger partial charge in [-0.3, -0.25) is 4.90 Å². The molecule has 0 radical (unpaired) electrons. The molecule has 88 valence electrons. The third kappa shape index (κ3) is 2.94. The second-order valence-electron chi connectivity index (χ2n) is 4.55. The Hall–Kier alpha value is -0.640. The standard InChI is InChI=1S/C12H18ClN3/c1-10-8-16(6-5-15(10)2)9-11-3-4-12(13)14-7-11/h3-4,7,10H,5-6,8-9H2,1-2H3. The van der Waals surface area contributed by atoms with Crippen LogP contribution in [0.3, 0.4) is 0 Å². The van der Waals surface area contributed by atoms with Crippen LogP contribution in [0.1, 0.15) is 12.5 Å². The van der Waals surface area contributed by atoms with Gasteiger partial charge < -0.3 is 4.90 Å². The van der Waals surface area contributed by atoms with Crippen LogP contribution in [-0.4, -0.2) is 47.5 Å². The third-order valence-electron chi connectivity index (χ3n) is 3.24. The van der Waals surface area contributed by atoms with Crippen LogP contribution in [0.25, 0.3) is 0 Å². The van der Waals surface area contributed by atoms with Gasteiger partial charge in [0, 0.05) is 38.4 Å². The average Bonchev–Trinajstić information content (AvgIpc) is 2.27. The van der Waals surface area contributed by atoms with Gasteiger partial charge in [-0.05, 0) is 25.6 Å². The summed E-state index contributed by atoms with van der Waals surface area (Å²) >= 11 is 5.77. The minimum Gasteiger partial charge on any atom is -0.301 e. The van der Waals surface area contributed by atoms with E-state index in [2.05, 4.69) is 34.8 Å². The normalized spacial score (nSPS) is 23.6. The molecule has 0 spiro atoms. The van der Waals surface area contributed by atoms with E-state index in [9.17, 15) is 0 Å². The van der Waals surface area contributed by atoms with E-state index >= 15 is 0 Å². The van der Waals surface area contributed by atoms with E-state index in [0.717, 1.165) is 26.2 Å². The number of halogens is 1. The van der Waals surface area contributed by atoms with Crippen molar-refractivity contribution in [3.63, 3.8) is 0 Å². The van der Waals surface area contributed by atoms with Gasteiger partial charge in [-0.2, -0.15) is 0 Å². The molecule has 1 fully saturated rings. The third-order valence-corrected chi connectivity index (χ3v) is 3.46. The maximum atomic E-state index is 5.77. The van der Waals surface area contributed by atoms with Crippen molar-refractivity contribution in [3.05, 3.63) is 29.0 Å². The van der Waals surface area contributed by atoms with Crippen LogP contribution in [0.15, 0.2) is 18.3 Å². The Balaban J connectivity index is 1.93. The number of hydrogen-bond acceptors (Lipinski definition) is 3. The Morgan fingerprint density at radius 1 is 1.44 bits per heavy atom. The van der Waals surface area contributed by atoms with Gasteiger partial charge in [-0.1, -0.05) is 17.7 Å². The van der Waals surface area contributed by atoms with Crippen molar-refractivity contribution in [3.8, 4) is 0 Å². The van der Waals surface area contributed by atoms with Crippen molar-refractivity contribution in [2.45, 2.75) is 19.5 Å². The molecule has 0 amide bonds. The first-order chi connectivity index (χ1) is 7.65. The van der Waals surface area contributed by atoms with Gasteiger partial charge >= 0.3 is 0 Å². The van der Waals surface area contributed by atoms with Crippen LogP contribution in [0, 0.1) is 0 Å². The Labute approximate surface area is 102 Å². The Morgan fingerprint density at radius 2 is 2.25 bits per heavy atom. The number of nitrogens with zero attached hydrogens (tertiary/aromatic N) is 3. The number of rotatable bonds is 2. The van der Waals surface area contributed by atoms with Crippen molar-refractivity contribution in [1.29, 1.82) is 0 Å². The van der Waals surface area contributed by atoms with Crippen LogP contribution < -0.4 is 0 Å². The van der Waals surface area contributed by atoms with Crippen molar-refractivity contribution in [2.24, 2.45) is 0 Å². The molecule has 1 saturated heterocycles. The highest BCUT2D eigenvalue weighted by molar-refractivity contribution is 6.29. The summed E-state index contributed by atoms with van der Waals surface area (Å²) in [4.78, 5) is 8.97. The Kier molecular flexibility index (Phi) is 3.79. The second kappa shape index (κ2) is 5.13. The molecule has 1 atom stereocenters. The summed E-state index contributed by atoms with van der Waals surface area (Å²) in [5.74, 6) is 0. The Bertz CT molecular complexity index is 339. The number of likely N-dealkylation sites (N-methyl/N-ethyl adjacent to an activating group) is 1. The number of piperazine rings is 1. The van der Waals surface area contributed by atoms with Gasteiger partial charge in [0.1, 0.15) is 5.15 Å². The first-order valence-corrected chi connectivity index (χ1v) is 6.06. The quantitative estimate of drug-likeness (QED) is 0.735. The fourth-order valence-electron chi connectivity index (χ4n) is 2.03. The lowest BCUT2D eigenvalue weighted by molar-refractivity contribution is 0.0999. The van der Waals surface area contributed by atoms with E-state index in [1.165, 1.54) is 5.56 Å². The minimum atomic E-state index is 0.565. The lowest BCUT2D eigenvalue weighted by atomic mass is 10.2. The summed E-state index contributed by atoms with van der Waals surface area (Å²) in [7, 11) is 2.19. The molecular formula is C12H18ClN3. The lowest BCUT2D eigenvalue weighted by Crippen LogP contribution is -2.49. The molecular weight excluding hydrogens is 222 g/mol. The van der Waals surface area contributed by atoms with Crippen molar-refractivity contribution in [1.82, 2.24) is 14.8 Å². The van der Waals surface area contributed by atoms with Gasteiger partial charge in [0.2, 0.25) is 0 Å². The van der Waals surface area contributed by atoms with Crippen molar-refractivity contribution >= 4 is 11.6 Å². The van der Waals surface area contributed by atoms with Crippen LogP contribution >= 0.6 is 11.6 Å². The molecule has 3 nitrogen and oxygen atoms in total. The highest BCUT2D eigenvalue weighted by atomic mass is 35.5. The molecule has 2 heterocycles. The SMILES string of the molecule is CC1CN(Cc2ccc(Cl)nc2)CCN1C. The largest absolute Gasteiger partial charge is 0.301 e. The van der Waals surface area contributed by atoms with E-state index in [1.807, 2.05) is 12.3 Å². The summed E-state index contributed by atoms with van der Waals surface area (Å²) in [6, 6.07) is 4.54. The molecule has 4 heteroatoms. The topological polar surface area (TPSA) is 19.4 Å². The zero-order chi connectivity index (χ0) is 11.5. The summed E-state index contributed by atoms with van der Waals surface area (Å²) in [5, 5.41) is 0.565. The fourth-order valence-corrected chi connectivity index (χ4v) is 2.14. The van der Waals surface area contributed by atoms with Gasteiger partial charge in [-0.15, -0.1) is 0 Å². The van der Waals surface area contributed by atoms with Gasteiger partial charge in [0.05, 0.1) is 0 Å². The maximum absolute atomic E-state index is 5.77. The molecule has 2 rings (SSSR count). The zero-order valence-corrected chi connectivity index (χ0v) is 10.6. The monoisotopic (exact) mass is 239 g/mol. The predicted octanol–water partition coefficient (Wildman–Crippen LogP) is 1.87. The molecule has 0 aromatic carbocycles. The van der Waals surface area contributed by atoms with Crippen LogP contribution in [0.5, 0.6) is 0 Å². The van der Waals surface area contributed by atoms with E-state index in [0.29, 0.717) is 11.2 Å². The molecule has 1 aliphatic rings. The molecule has 1 aromatic heterocycles. The number of hydrogen-bond donors (Lipinski definition) is 0. The smallest absolute Gasteiger partial charge is 0.129 e. The zero-order valence-electron chi connectivity index (χ0n) is 9.86. The maximum Gasteiger partial charge on any atom is 0.129 e. The van der Waals surface area contributed by atoms with Crippen LogP contribution in [0.2, 0.25) is 5.15 Å². The first-order valence-electron chi connectivity index (χ1n) is 5.68. The van der Waals surface area contributed by atoms with Crippen molar-refractivity contribution < 1.29 is 0 Å². The molecule has 1 aromatic rings. The molecule has 0 saturated carbocycles. The molecule has 0 aliphatic carbocycles. The van der Waals surface area contributed by atoms with E-state index < -0.39 is 0 Å². The highest BCUT2D eigenvalue weighted by Gasteiger charge is 2.20. The van der Waals surface area contributed by atoms with Gasteiger partial charge in [-0.25, -0.2) is 4.98 Å². The highest BCUT2D eigenvalue weighted by Crippen LogP contribution is 2.12. The molecule has 0 bridgehead atoms. The Morgan fingerprint density at radius 3 is 2.88 bits per heavy atom. The fraction of sp³-hybridized carbons (Fsp3) is 0.583. The average molecular weight is 240 g/mol. The van der Waals surface area contributed by atoms with Crippen LogP contribution in [0.4, 0.5) is 0 Å². The summed E-state index contributed by atoms with van der Waals surface area (Å²) in [6.07, 6.45) is 1.87. The molecule has 1 unspecified atom stereocenters. The summed E-state index contributed by atoms with van der Waals surface area (Å²) in [5.41, 5.74) is 1.24. The molecule has 1 aliphatic heterocycles. The molecule has 0 N–H and O–H groups in total. The predicted molar refractivity (Wildman–Crippen MR) is 66.6 cm³/mol. The summed E-state index contributed by atoms with van der Waals surface area (Å²) < 4.78 is 0. The van der Waals surface area contributed by atoms with E-state index in [1.54, 1.807) is 0 Å². The molecule has 16 heavy (non-hydrogen) atoms. The number of aromatic nitrogens is 1. The van der Waals surface area contributed by atoms with Gasteiger partial charge in [0.15, 0.2) is 0 Å². The first kappa shape index (κ1) is 11.8. The second-order valence-corrected chi connectivity index (χ2v) is 4.94. The summed E-state index contributed by atoms with van der Waals surface area (Å²) in [6.45, 7) is 6.64. The number of pyridine rings is 1. The minimum absolute atomic E-state index is 0.565. The van der Waals surface area contributed by atoms with Crippen LogP contribution in [-0.2, 0) is 6.54 Å². The van der Waals surface area contributed by atoms with E-state index in [-0.39, 0.29) is 0 Å². The van der Waals surface area contributed by atoms with Crippen molar-refractivity contribution in [2.75, 3.05) is 26.7 Å².